The van der Waals surface area contributed by atoms with E-state index in [1.165, 1.54) is 7.11 Å². The van der Waals surface area contributed by atoms with Crippen LogP contribution in [0.5, 0.6) is 5.75 Å². The van der Waals surface area contributed by atoms with Gasteiger partial charge in [-0.15, -0.1) is 11.3 Å². The number of hydrogen-bond acceptors (Lipinski definition) is 8. The monoisotopic (exact) mass is 461 g/mol. The molecule has 1 amide bonds. The fourth-order valence-electron chi connectivity index (χ4n) is 3.61. The number of methoxy groups -OCH3 is 2. The van der Waals surface area contributed by atoms with Gasteiger partial charge in [0.25, 0.3) is 0 Å². The van der Waals surface area contributed by atoms with Gasteiger partial charge in [-0.05, 0) is 35.7 Å². The number of nitrogens with zero attached hydrogens (tertiary/aromatic N) is 2. The average Bonchev–Trinajstić information content (AvgIpc) is 3.26. The van der Waals surface area contributed by atoms with Crippen molar-refractivity contribution in [3.8, 4) is 5.75 Å². The molecule has 1 atom stereocenters. The zero-order valence-corrected chi connectivity index (χ0v) is 18.9. The van der Waals surface area contributed by atoms with Gasteiger partial charge < -0.3 is 24.8 Å². The molecule has 1 saturated heterocycles. The Morgan fingerprint density at radius 2 is 1.78 bits per heavy atom. The third-order valence-corrected chi connectivity index (χ3v) is 6.27. The number of aliphatic carboxylic acids is 1. The quantitative estimate of drug-likeness (QED) is 0.548. The van der Waals surface area contributed by atoms with Gasteiger partial charge in [0.05, 0.1) is 25.8 Å². The Hall–Kier alpha value is -3.11. The Bertz CT molecular complexity index is 937. The molecule has 0 spiro atoms. The van der Waals surface area contributed by atoms with Gasteiger partial charge in [-0.1, -0.05) is 0 Å². The Labute approximate surface area is 190 Å². The molecular formula is C22H27N3O6S. The van der Waals surface area contributed by atoms with E-state index in [0.717, 1.165) is 35.9 Å². The summed E-state index contributed by atoms with van der Waals surface area (Å²) in [6, 6.07) is 9.44. The summed E-state index contributed by atoms with van der Waals surface area (Å²) in [7, 11) is 2.90. The van der Waals surface area contributed by atoms with E-state index in [1.807, 2.05) is 24.3 Å². The van der Waals surface area contributed by atoms with Crippen LogP contribution in [0.25, 0.3) is 0 Å². The fraction of sp³-hybridized carbons (Fsp3) is 0.409. The van der Waals surface area contributed by atoms with Crippen molar-refractivity contribution >= 4 is 40.6 Å². The number of piperazine rings is 1. The minimum atomic E-state index is -1.02. The van der Waals surface area contributed by atoms with Crippen LogP contribution >= 0.6 is 11.3 Å². The maximum absolute atomic E-state index is 12.5. The van der Waals surface area contributed by atoms with Crippen molar-refractivity contribution in [2.45, 2.75) is 6.42 Å². The Morgan fingerprint density at radius 3 is 2.38 bits per heavy atom. The topological polar surface area (TPSA) is 108 Å². The van der Waals surface area contributed by atoms with Gasteiger partial charge in [-0.25, -0.2) is 4.79 Å². The third-order valence-electron chi connectivity index (χ3n) is 5.38. The lowest BCUT2D eigenvalue weighted by Crippen LogP contribution is -2.48. The van der Waals surface area contributed by atoms with Crippen molar-refractivity contribution in [1.29, 1.82) is 0 Å². The number of carbonyl (C=O) groups is 3. The number of carbonyl (C=O) groups excluding carboxylic acids is 2. The lowest BCUT2D eigenvalue weighted by molar-refractivity contribution is -0.144. The zero-order valence-electron chi connectivity index (χ0n) is 18.1. The molecule has 2 heterocycles. The molecule has 0 aliphatic carbocycles. The molecule has 1 unspecified atom stereocenters. The molecular weight excluding hydrogens is 434 g/mol. The molecule has 1 aliphatic heterocycles. The highest BCUT2D eigenvalue weighted by atomic mass is 32.1. The summed E-state index contributed by atoms with van der Waals surface area (Å²) in [6.45, 7) is 3.22. The fourth-order valence-corrected chi connectivity index (χ4v) is 4.37. The number of esters is 1. The number of rotatable bonds is 9. The van der Waals surface area contributed by atoms with Gasteiger partial charge in [0.1, 0.15) is 10.6 Å². The van der Waals surface area contributed by atoms with Crippen LogP contribution in [0.15, 0.2) is 35.7 Å². The molecule has 1 fully saturated rings. The van der Waals surface area contributed by atoms with Gasteiger partial charge in [0.2, 0.25) is 5.91 Å². The lowest BCUT2D eigenvalue weighted by Gasteiger charge is -2.37. The summed E-state index contributed by atoms with van der Waals surface area (Å²) in [6.07, 6.45) is -0.176. The molecule has 9 nitrogen and oxygen atoms in total. The van der Waals surface area contributed by atoms with Gasteiger partial charge in [0.15, 0.2) is 0 Å². The predicted molar refractivity (Wildman–Crippen MR) is 122 cm³/mol. The van der Waals surface area contributed by atoms with Gasteiger partial charge in [0, 0.05) is 44.8 Å². The van der Waals surface area contributed by atoms with Crippen LogP contribution in [0, 0.1) is 5.92 Å². The van der Waals surface area contributed by atoms with Gasteiger partial charge in [-0.2, -0.15) is 0 Å². The summed E-state index contributed by atoms with van der Waals surface area (Å²) in [5, 5.41) is 13.9. The van der Waals surface area contributed by atoms with E-state index >= 15 is 0 Å². The summed E-state index contributed by atoms with van der Waals surface area (Å²) in [5.74, 6) is -2.05. The minimum absolute atomic E-state index is 0.176. The largest absolute Gasteiger partial charge is 0.497 e. The van der Waals surface area contributed by atoms with Crippen LogP contribution in [0.4, 0.5) is 11.4 Å². The highest BCUT2D eigenvalue weighted by Crippen LogP contribution is 2.24. The molecule has 3 rings (SSSR count). The molecule has 2 aromatic rings. The van der Waals surface area contributed by atoms with Gasteiger partial charge in [-0.3, -0.25) is 14.5 Å². The van der Waals surface area contributed by atoms with E-state index < -0.39 is 23.8 Å². The number of carboxylic acid groups (broad SMARTS) is 1. The second-order valence-electron chi connectivity index (χ2n) is 7.43. The first-order valence-corrected chi connectivity index (χ1v) is 11.1. The van der Waals surface area contributed by atoms with Crippen LogP contribution in [0.3, 0.4) is 0 Å². The number of ether oxygens (including phenoxy) is 2. The normalized spacial score (nSPS) is 15.1. The Morgan fingerprint density at radius 1 is 1.09 bits per heavy atom. The van der Waals surface area contributed by atoms with E-state index in [-0.39, 0.29) is 17.8 Å². The number of carboxylic acids is 1. The van der Waals surface area contributed by atoms with Crippen molar-refractivity contribution < 1.29 is 29.0 Å². The second kappa shape index (κ2) is 11.0. The van der Waals surface area contributed by atoms with Gasteiger partial charge >= 0.3 is 11.9 Å². The van der Waals surface area contributed by atoms with E-state index in [9.17, 15) is 19.5 Å². The number of amides is 1. The number of anilines is 2. The third kappa shape index (κ3) is 5.98. The highest BCUT2D eigenvalue weighted by molar-refractivity contribution is 7.12. The van der Waals surface area contributed by atoms with E-state index in [1.54, 1.807) is 18.6 Å². The van der Waals surface area contributed by atoms with E-state index in [4.69, 9.17) is 9.47 Å². The smallest absolute Gasteiger partial charge is 0.350 e. The van der Waals surface area contributed by atoms with Crippen LogP contribution < -0.4 is 15.0 Å². The SMILES string of the molecule is COC(=O)c1sccc1NC(=O)CC(CN1CCN(c2ccc(OC)cc2)CC1)C(=O)O. The maximum atomic E-state index is 12.5. The van der Waals surface area contributed by atoms with Crippen LogP contribution in [-0.2, 0) is 14.3 Å². The van der Waals surface area contributed by atoms with Crippen molar-refractivity contribution in [2.75, 3.05) is 57.2 Å². The number of benzene rings is 1. The standard InChI is InChI=1S/C22H27N3O6S/c1-30-17-5-3-16(4-6-17)25-10-8-24(9-11-25)14-15(21(27)28)13-19(26)23-18-7-12-32-20(18)22(29)31-2/h3-7,12,15H,8-11,13-14H2,1-2H3,(H,23,26)(H,27,28). The van der Waals surface area contributed by atoms with Crippen LogP contribution in [0.1, 0.15) is 16.1 Å². The number of nitrogens with one attached hydrogen (secondary N) is 1. The van der Waals surface area contributed by atoms with Crippen molar-refractivity contribution in [3.63, 3.8) is 0 Å². The van der Waals surface area contributed by atoms with Crippen LogP contribution in [0.2, 0.25) is 0 Å². The molecule has 1 aromatic heterocycles. The first-order valence-electron chi connectivity index (χ1n) is 10.2. The number of thiophene rings is 1. The average molecular weight is 462 g/mol. The van der Waals surface area contributed by atoms with Crippen molar-refractivity contribution in [1.82, 2.24) is 4.90 Å². The molecule has 0 saturated carbocycles. The predicted octanol–water partition coefficient (Wildman–Crippen LogP) is 2.39. The first kappa shape index (κ1) is 23.6. The Balaban J connectivity index is 1.52. The maximum Gasteiger partial charge on any atom is 0.350 e. The van der Waals surface area contributed by atoms with Crippen molar-refractivity contribution in [2.24, 2.45) is 5.92 Å². The summed E-state index contributed by atoms with van der Waals surface area (Å²) in [4.78, 5) is 40.6. The van der Waals surface area contributed by atoms with E-state index in [0.29, 0.717) is 18.8 Å². The number of hydrogen-bond donors (Lipinski definition) is 2. The van der Waals surface area contributed by atoms with E-state index in [2.05, 4.69) is 15.1 Å². The molecule has 172 valence electrons. The summed E-state index contributed by atoms with van der Waals surface area (Å²) in [5.41, 5.74) is 1.43. The molecule has 1 aliphatic rings. The minimum Gasteiger partial charge on any atom is -0.497 e. The van der Waals surface area contributed by atoms with Crippen LogP contribution in [-0.4, -0.2) is 74.8 Å². The lowest BCUT2D eigenvalue weighted by atomic mass is 10.0. The Kier molecular flexibility index (Phi) is 8.07. The molecule has 32 heavy (non-hydrogen) atoms. The highest BCUT2D eigenvalue weighted by Gasteiger charge is 2.27. The first-order chi connectivity index (χ1) is 15.4. The second-order valence-corrected chi connectivity index (χ2v) is 8.34. The molecule has 0 bridgehead atoms. The molecule has 2 N–H and O–H groups in total. The zero-order chi connectivity index (χ0) is 23.1. The molecule has 0 radical (unpaired) electrons. The summed E-state index contributed by atoms with van der Waals surface area (Å²) < 4.78 is 9.89. The molecule has 1 aromatic carbocycles. The molecule has 10 heteroatoms. The van der Waals surface area contributed by atoms with Crippen molar-refractivity contribution in [3.05, 3.63) is 40.6 Å². The summed E-state index contributed by atoms with van der Waals surface area (Å²) >= 11 is 1.15.